The minimum atomic E-state index is -0.719. The number of carboxylic acid groups (broad SMARTS) is 1. The summed E-state index contributed by atoms with van der Waals surface area (Å²) in [4.78, 5) is 11.5. The third kappa shape index (κ3) is 4.03. The average Bonchev–Trinajstić information content (AvgIpc) is 3.03. The Labute approximate surface area is 168 Å². The molecule has 1 aromatic carbocycles. The van der Waals surface area contributed by atoms with Gasteiger partial charge in [-0.3, -0.25) is 9.48 Å². The highest BCUT2D eigenvalue weighted by Crippen LogP contribution is 2.41. The molecule has 0 amide bonds. The lowest BCUT2D eigenvalue weighted by molar-refractivity contribution is -0.147. The number of rotatable bonds is 6. The maximum atomic E-state index is 11.5. The van der Waals surface area contributed by atoms with Crippen LogP contribution in [0.1, 0.15) is 45.2 Å². The van der Waals surface area contributed by atoms with Gasteiger partial charge in [-0.05, 0) is 49.4 Å². The molecule has 2 unspecified atom stereocenters. The molecule has 1 aliphatic rings. The molecular weight excluding hydrogens is 410 g/mol. The lowest BCUT2D eigenvalue weighted by atomic mass is 9.72. The summed E-state index contributed by atoms with van der Waals surface area (Å²) in [7, 11) is 1.87. The van der Waals surface area contributed by atoms with Gasteiger partial charge in [-0.1, -0.05) is 35.0 Å². The smallest absolute Gasteiger partial charge is 0.306 e. The van der Waals surface area contributed by atoms with Crippen molar-refractivity contribution in [3.63, 3.8) is 0 Å². The van der Waals surface area contributed by atoms with Gasteiger partial charge < -0.3 is 9.84 Å². The Kier molecular flexibility index (Phi) is 5.89. The molecule has 1 heterocycles. The Bertz CT molecular complexity index is 803. The van der Waals surface area contributed by atoms with E-state index < -0.39 is 11.6 Å². The summed E-state index contributed by atoms with van der Waals surface area (Å²) in [6.45, 7) is 4.22. The average molecular weight is 436 g/mol. The van der Waals surface area contributed by atoms with Crippen LogP contribution in [-0.4, -0.2) is 31.7 Å². The first kappa shape index (κ1) is 19.9. The Morgan fingerprint density at radius 1 is 1.41 bits per heavy atom. The first-order valence-electron chi connectivity index (χ1n) is 9.33. The number of carboxylic acids is 1. The van der Waals surface area contributed by atoms with E-state index in [0.29, 0.717) is 11.8 Å². The fourth-order valence-corrected chi connectivity index (χ4v) is 4.51. The van der Waals surface area contributed by atoms with Crippen molar-refractivity contribution < 1.29 is 14.6 Å². The van der Waals surface area contributed by atoms with E-state index in [1.54, 1.807) is 4.68 Å². The fraction of sp³-hybridized carbons (Fsp3) is 0.550. The van der Waals surface area contributed by atoms with E-state index in [0.717, 1.165) is 42.0 Å². The van der Waals surface area contributed by atoms with E-state index in [9.17, 15) is 9.90 Å². The number of halogens is 1. The number of aryl methyl sites for hydroxylation is 1. The highest BCUT2D eigenvalue weighted by Gasteiger charge is 2.43. The largest absolute Gasteiger partial charge is 0.487 e. The van der Waals surface area contributed by atoms with Gasteiger partial charge >= 0.3 is 5.97 Å². The van der Waals surface area contributed by atoms with Crippen LogP contribution in [0.2, 0.25) is 0 Å². The van der Waals surface area contributed by atoms with Crippen molar-refractivity contribution in [3.05, 3.63) is 30.0 Å². The first-order valence-corrected chi connectivity index (χ1v) is 10.4. The van der Waals surface area contributed by atoms with E-state index in [4.69, 9.17) is 4.74 Å². The predicted molar refractivity (Wildman–Crippen MR) is 107 cm³/mol. The van der Waals surface area contributed by atoms with Crippen molar-refractivity contribution in [1.29, 1.82) is 0 Å². The van der Waals surface area contributed by atoms with Gasteiger partial charge in [0.1, 0.15) is 17.0 Å². The summed E-state index contributed by atoms with van der Waals surface area (Å²) in [5.41, 5.74) is 2.41. The third-order valence-electron chi connectivity index (χ3n) is 5.66. The molecule has 1 fully saturated rings. The van der Waals surface area contributed by atoms with E-state index in [-0.39, 0.29) is 11.8 Å². The minimum absolute atomic E-state index is 0.235. The molecule has 3 rings (SSSR count). The molecule has 0 bridgehead atoms. The van der Waals surface area contributed by atoms with Gasteiger partial charge in [0.15, 0.2) is 0 Å². The van der Waals surface area contributed by atoms with E-state index in [1.165, 1.54) is 0 Å². The van der Waals surface area contributed by atoms with Crippen LogP contribution in [0.5, 0.6) is 5.75 Å². The van der Waals surface area contributed by atoms with Crippen LogP contribution in [-0.2, 0) is 17.2 Å². The molecule has 2 atom stereocenters. The van der Waals surface area contributed by atoms with Gasteiger partial charge in [0, 0.05) is 24.4 Å². The van der Waals surface area contributed by atoms with Crippen LogP contribution in [0.15, 0.2) is 24.3 Å². The van der Waals surface area contributed by atoms with Crippen LogP contribution < -0.4 is 4.74 Å². The molecule has 2 aromatic rings. The van der Waals surface area contributed by atoms with Gasteiger partial charge in [0.2, 0.25) is 0 Å². The molecule has 0 radical (unpaired) electrons. The lowest BCUT2D eigenvalue weighted by Gasteiger charge is -2.43. The van der Waals surface area contributed by atoms with E-state index >= 15 is 0 Å². The molecule has 0 spiro atoms. The minimum Gasteiger partial charge on any atom is -0.487 e. The zero-order valence-electron chi connectivity index (χ0n) is 16.0. The number of ether oxygens (including phenoxy) is 1. The monoisotopic (exact) mass is 435 g/mol. The summed E-state index contributed by atoms with van der Waals surface area (Å²) < 4.78 is 8.18. The molecule has 0 saturated heterocycles. The second-order valence-corrected chi connectivity index (χ2v) is 8.18. The highest BCUT2D eigenvalue weighted by atomic mass is 79.9. The van der Waals surface area contributed by atoms with Gasteiger partial charge in [-0.15, -0.1) is 5.10 Å². The molecule has 7 heteroatoms. The zero-order valence-corrected chi connectivity index (χ0v) is 17.6. The summed E-state index contributed by atoms with van der Waals surface area (Å²) >= 11 is 3.48. The van der Waals surface area contributed by atoms with Crippen molar-refractivity contribution in [2.24, 2.45) is 18.9 Å². The Hall–Kier alpha value is -1.89. The van der Waals surface area contributed by atoms with Gasteiger partial charge in [0.05, 0.1) is 11.6 Å². The summed E-state index contributed by atoms with van der Waals surface area (Å²) in [6.07, 6.45) is 3.04. The molecule has 1 N–H and O–H groups in total. The van der Waals surface area contributed by atoms with Crippen LogP contribution in [0, 0.1) is 11.8 Å². The summed E-state index contributed by atoms with van der Waals surface area (Å²) in [5, 5.41) is 18.5. The van der Waals surface area contributed by atoms with Crippen molar-refractivity contribution in [2.45, 2.75) is 50.5 Å². The quantitative estimate of drug-likeness (QED) is 0.679. The van der Waals surface area contributed by atoms with Crippen molar-refractivity contribution in [1.82, 2.24) is 15.0 Å². The number of alkyl halides is 1. The van der Waals surface area contributed by atoms with Crippen molar-refractivity contribution >= 4 is 21.9 Å². The number of aliphatic carboxylic acids is 1. The number of hydrogen-bond acceptors (Lipinski definition) is 4. The van der Waals surface area contributed by atoms with Crippen LogP contribution in [0.25, 0.3) is 11.3 Å². The zero-order chi connectivity index (χ0) is 19.6. The lowest BCUT2D eigenvalue weighted by Crippen LogP contribution is -2.47. The standard InChI is InChI=1S/C20H26BrN3O3/c1-13(2)20(10-4-5-15(11-20)19(25)26)27-16-8-6-14(7-9-16)18-17(12-21)24(3)23-22-18/h6-9,13,15H,4-5,10-12H2,1-3H3,(H,25,26). The molecule has 1 saturated carbocycles. The second kappa shape index (κ2) is 8.00. The van der Waals surface area contributed by atoms with Gasteiger partial charge in [-0.25, -0.2) is 0 Å². The van der Waals surface area contributed by atoms with Gasteiger partial charge in [-0.2, -0.15) is 0 Å². The molecule has 1 aromatic heterocycles. The van der Waals surface area contributed by atoms with Crippen molar-refractivity contribution in [3.8, 4) is 17.0 Å². The SMILES string of the molecule is CC(C)C1(Oc2ccc(-c3nnn(C)c3CBr)cc2)CCCC(C(=O)O)C1. The first-order chi connectivity index (χ1) is 12.9. The highest BCUT2D eigenvalue weighted by molar-refractivity contribution is 9.08. The topological polar surface area (TPSA) is 77.2 Å². The summed E-state index contributed by atoms with van der Waals surface area (Å²) in [5.74, 6) is -0.0489. The maximum absolute atomic E-state index is 11.5. The Morgan fingerprint density at radius 2 is 2.11 bits per heavy atom. The molecule has 1 aliphatic carbocycles. The molecule has 0 aliphatic heterocycles. The number of carbonyl (C=O) groups is 1. The number of hydrogen-bond donors (Lipinski definition) is 1. The Balaban J connectivity index is 1.82. The van der Waals surface area contributed by atoms with Crippen LogP contribution >= 0.6 is 15.9 Å². The number of aromatic nitrogens is 3. The molecule has 6 nitrogen and oxygen atoms in total. The van der Waals surface area contributed by atoms with Crippen LogP contribution in [0.4, 0.5) is 0 Å². The third-order valence-corrected chi connectivity index (χ3v) is 6.20. The summed E-state index contributed by atoms with van der Waals surface area (Å²) in [6, 6.07) is 7.85. The molecular formula is C20H26BrN3O3. The molecule has 27 heavy (non-hydrogen) atoms. The normalized spacial score (nSPS) is 22.8. The Morgan fingerprint density at radius 3 is 2.70 bits per heavy atom. The van der Waals surface area contributed by atoms with Crippen molar-refractivity contribution in [2.75, 3.05) is 0 Å². The van der Waals surface area contributed by atoms with Crippen LogP contribution in [0.3, 0.4) is 0 Å². The number of nitrogens with zero attached hydrogens (tertiary/aromatic N) is 3. The molecule has 146 valence electrons. The predicted octanol–water partition coefficient (Wildman–Crippen LogP) is 4.43. The van der Waals surface area contributed by atoms with E-state index in [2.05, 4.69) is 40.1 Å². The maximum Gasteiger partial charge on any atom is 0.306 e. The number of benzene rings is 1. The second-order valence-electron chi connectivity index (χ2n) is 7.62. The van der Waals surface area contributed by atoms with E-state index in [1.807, 2.05) is 31.3 Å². The van der Waals surface area contributed by atoms with Gasteiger partial charge in [0.25, 0.3) is 0 Å². The fourth-order valence-electron chi connectivity index (χ4n) is 3.88.